The lowest BCUT2D eigenvalue weighted by molar-refractivity contribution is 0.0637. The summed E-state index contributed by atoms with van der Waals surface area (Å²) >= 11 is 1.51. The smallest absolute Gasteiger partial charge is 0.254 e. The average molecular weight is 387 g/mol. The molecule has 2 aromatic rings. The largest absolute Gasteiger partial charge is 0.454 e. The van der Waals surface area contributed by atoms with Gasteiger partial charge in [-0.25, -0.2) is 0 Å². The van der Waals surface area contributed by atoms with E-state index in [1.807, 2.05) is 21.7 Å². The maximum atomic E-state index is 12.7. The minimum absolute atomic E-state index is 0.0127. The molecule has 4 rings (SSSR count). The minimum atomic E-state index is -0.0344. The van der Waals surface area contributed by atoms with E-state index in [1.165, 1.54) is 11.3 Å². The Labute approximate surface area is 161 Å². The highest BCUT2D eigenvalue weighted by Gasteiger charge is 2.24. The number of hydrogen-bond donors (Lipinski definition) is 1. The van der Waals surface area contributed by atoms with Crippen LogP contribution in [0.4, 0.5) is 0 Å². The van der Waals surface area contributed by atoms with Crippen molar-refractivity contribution in [1.82, 2.24) is 15.1 Å². The van der Waals surface area contributed by atoms with Crippen LogP contribution >= 0.6 is 11.3 Å². The number of carbonyl (C=O) groups excluding carboxylic acids is 2. The molecule has 142 valence electrons. The molecule has 1 aromatic carbocycles. The molecule has 1 fully saturated rings. The van der Waals surface area contributed by atoms with Crippen LogP contribution in [0, 0.1) is 0 Å². The van der Waals surface area contributed by atoms with Crippen molar-refractivity contribution in [3.63, 3.8) is 0 Å². The van der Waals surface area contributed by atoms with Crippen molar-refractivity contribution in [1.29, 1.82) is 0 Å². The Kier molecular flexibility index (Phi) is 5.26. The molecule has 0 spiro atoms. The van der Waals surface area contributed by atoms with Crippen molar-refractivity contribution >= 4 is 23.2 Å². The predicted octanol–water partition coefficient (Wildman–Crippen LogP) is 1.66. The summed E-state index contributed by atoms with van der Waals surface area (Å²) in [5.74, 6) is 1.29. The first kappa shape index (κ1) is 17.8. The summed E-state index contributed by atoms with van der Waals surface area (Å²) in [6, 6.07) is 7.13. The number of rotatable bonds is 5. The number of ether oxygens (including phenoxy) is 2. The number of thiophene rings is 1. The fourth-order valence-electron chi connectivity index (χ4n) is 3.21. The van der Waals surface area contributed by atoms with Crippen LogP contribution in [0.3, 0.4) is 0 Å². The third kappa shape index (κ3) is 4.06. The first-order valence-electron chi connectivity index (χ1n) is 8.92. The third-order valence-electron chi connectivity index (χ3n) is 4.78. The Hall–Kier alpha value is -2.58. The van der Waals surface area contributed by atoms with Crippen LogP contribution in [0.1, 0.15) is 20.7 Å². The van der Waals surface area contributed by atoms with E-state index in [4.69, 9.17) is 9.47 Å². The van der Waals surface area contributed by atoms with Gasteiger partial charge in [0.05, 0.1) is 0 Å². The van der Waals surface area contributed by atoms with Crippen molar-refractivity contribution in [2.45, 2.75) is 0 Å². The summed E-state index contributed by atoms with van der Waals surface area (Å²) in [4.78, 5) is 28.7. The van der Waals surface area contributed by atoms with Crippen LogP contribution < -0.4 is 14.8 Å². The average Bonchev–Trinajstić information content (AvgIpc) is 3.39. The fourth-order valence-corrected chi connectivity index (χ4v) is 3.85. The lowest BCUT2D eigenvalue weighted by atomic mass is 10.1. The second-order valence-electron chi connectivity index (χ2n) is 6.47. The van der Waals surface area contributed by atoms with Crippen molar-refractivity contribution < 1.29 is 19.1 Å². The van der Waals surface area contributed by atoms with Crippen molar-refractivity contribution in [3.8, 4) is 11.5 Å². The Morgan fingerprint density at radius 1 is 1.04 bits per heavy atom. The number of fused-ring (bicyclic) bond motifs is 1. The van der Waals surface area contributed by atoms with Gasteiger partial charge in [0.15, 0.2) is 11.5 Å². The molecule has 8 heteroatoms. The van der Waals surface area contributed by atoms with Crippen LogP contribution in [0.2, 0.25) is 0 Å². The Bertz CT molecular complexity index is 816. The second-order valence-corrected chi connectivity index (χ2v) is 7.25. The zero-order valence-corrected chi connectivity index (χ0v) is 15.7. The molecule has 3 heterocycles. The minimum Gasteiger partial charge on any atom is -0.454 e. The quantitative estimate of drug-likeness (QED) is 0.845. The molecule has 0 radical (unpaired) electrons. The van der Waals surface area contributed by atoms with Gasteiger partial charge in [0.2, 0.25) is 6.79 Å². The third-order valence-corrected chi connectivity index (χ3v) is 5.46. The van der Waals surface area contributed by atoms with Gasteiger partial charge >= 0.3 is 0 Å². The van der Waals surface area contributed by atoms with Crippen LogP contribution in [-0.4, -0.2) is 67.7 Å². The monoisotopic (exact) mass is 387 g/mol. The molecule has 0 saturated carbocycles. The van der Waals surface area contributed by atoms with Crippen LogP contribution in [0.25, 0.3) is 0 Å². The molecule has 1 N–H and O–H groups in total. The van der Waals surface area contributed by atoms with E-state index in [2.05, 4.69) is 10.2 Å². The first-order chi connectivity index (χ1) is 13.2. The van der Waals surface area contributed by atoms with E-state index in [0.717, 1.165) is 19.6 Å². The van der Waals surface area contributed by atoms with E-state index in [0.29, 0.717) is 42.3 Å². The summed E-state index contributed by atoms with van der Waals surface area (Å²) in [6.45, 7) is 4.52. The van der Waals surface area contributed by atoms with E-state index < -0.39 is 0 Å². The van der Waals surface area contributed by atoms with Gasteiger partial charge in [-0.3, -0.25) is 14.5 Å². The molecule has 7 nitrogen and oxygen atoms in total. The topological polar surface area (TPSA) is 71.1 Å². The van der Waals surface area contributed by atoms with E-state index in [9.17, 15) is 9.59 Å². The highest BCUT2D eigenvalue weighted by atomic mass is 32.1. The molecule has 0 atom stereocenters. The predicted molar refractivity (Wildman–Crippen MR) is 102 cm³/mol. The standard InChI is InChI=1S/C19H21N3O4S/c23-18(15-3-10-27-12-15)20-4-5-21-6-8-22(9-7-21)19(24)14-1-2-16-17(11-14)26-13-25-16/h1-3,10-12H,4-9,13H2,(H,20,23). The summed E-state index contributed by atoms with van der Waals surface area (Å²) < 4.78 is 10.6. The molecule has 0 aliphatic carbocycles. The lowest BCUT2D eigenvalue weighted by Crippen LogP contribution is -2.50. The van der Waals surface area contributed by atoms with Crippen LogP contribution in [0.5, 0.6) is 11.5 Å². The number of nitrogens with one attached hydrogen (secondary N) is 1. The van der Waals surface area contributed by atoms with Crippen LogP contribution in [-0.2, 0) is 0 Å². The van der Waals surface area contributed by atoms with Crippen LogP contribution in [0.15, 0.2) is 35.0 Å². The lowest BCUT2D eigenvalue weighted by Gasteiger charge is -2.34. The van der Waals surface area contributed by atoms with Crippen molar-refractivity contribution in [3.05, 3.63) is 46.2 Å². The summed E-state index contributed by atoms with van der Waals surface area (Å²) in [5, 5.41) is 6.67. The van der Waals surface area contributed by atoms with Gasteiger partial charge in [0, 0.05) is 55.8 Å². The van der Waals surface area contributed by atoms with Gasteiger partial charge in [0.25, 0.3) is 11.8 Å². The van der Waals surface area contributed by atoms with Crippen molar-refractivity contribution in [2.24, 2.45) is 0 Å². The molecule has 0 unspecified atom stereocenters. The number of carbonyl (C=O) groups is 2. The maximum absolute atomic E-state index is 12.7. The molecule has 27 heavy (non-hydrogen) atoms. The normalized spacial score (nSPS) is 16.4. The summed E-state index contributed by atoms with van der Waals surface area (Å²) in [7, 11) is 0. The Balaban J connectivity index is 1.23. The number of hydrogen-bond acceptors (Lipinski definition) is 6. The number of benzene rings is 1. The summed E-state index contributed by atoms with van der Waals surface area (Å²) in [5.41, 5.74) is 1.33. The SMILES string of the molecule is O=C(NCCN1CCN(C(=O)c2ccc3c(c2)OCO3)CC1)c1ccsc1. The van der Waals surface area contributed by atoms with E-state index in [-0.39, 0.29) is 18.6 Å². The van der Waals surface area contributed by atoms with Gasteiger partial charge in [-0.15, -0.1) is 0 Å². The van der Waals surface area contributed by atoms with Gasteiger partial charge in [-0.2, -0.15) is 11.3 Å². The highest BCUT2D eigenvalue weighted by molar-refractivity contribution is 7.08. The first-order valence-corrected chi connectivity index (χ1v) is 9.87. The highest BCUT2D eigenvalue weighted by Crippen LogP contribution is 2.32. The Morgan fingerprint density at radius 3 is 2.63 bits per heavy atom. The molecule has 2 aliphatic heterocycles. The van der Waals surface area contributed by atoms with Gasteiger partial charge in [0.1, 0.15) is 0 Å². The molecular formula is C19H21N3O4S. The number of piperazine rings is 1. The molecule has 1 aromatic heterocycles. The van der Waals surface area contributed by atoms with Gasteiger partial charge in [-0.1, -0.05) is 0 Å². The number of nitrogens with zero attached hydrogens (tertiary/aromatic N) is 2. The summed E-state index contributed by atoms with van der Waals surface area (Å²) in [6.07, 6.45) is 0. The van der Waals surface area contributed by atoms with Gasteiger partial charge in [-0.05, 0) is 29.6 Å². The second kappa shape index (κ2) is 7.98. The zero-order chi connectivity index (χ0) is 18.6. The molecule has 2 amide bonds. The molecular weight excluding hydrogens is 366 g/mol. The van der Waals surface area contributed by atoms with Crippen molar-refractivity contribution in [2.75, 3.05) is 46.1 Å². The molecule has 2 aliphatic rings. The molecule has 1 saturated heterocycles. The zero-order valence-electron chi connectivity index (χ0n) is 14.8. The fraction of sp³-hybridized carbons (Fsp3) is 0.368. The Morgan fingerprint density at radius 2 is 1.85 bits per heavy atom. The number of amides is 2. The van der Waals surface area contributed by atoms with Gasteiger partial charge < -0.3 is 19.7 Å². The maximum Gasteiger partial charge on any atom is 0.254 e. The molecule has 0 bridgehead atoms. The van der Waals surface area contributed by atoms with E-state index in [1.54, 1.807) is 18.2 Å². The van der Waals surface area contributed by atoms with E-state index >= 15 is 0 Å².